The van der Waals surface area contributed by atoms with Crippen molar-refractivity contribution in [1.29, 1.82) is 0 Å². The van der Waals surface area contributed by atoms with Gasteiger partial charge in [0.2, 0.25) is 0 Å². The van der Waals surface area contributed by atoms with Gasteiger partial charge in [0.1, 0.15) is 6.54 Å². The maximum Gasteiger partial charge on any atom is 0.184 e. The number of hydrogen-bond acceptors (Lipinski definition) is 0. The molecule has 1 heteroatoms. The van der Waals surface area contributed by atoms with E-state index in [9.17, 15) is 0 Å². The molecule has 0 aliphatic rings. The largest absolute Gasteiger partial charge is 0.202 e. The Hall–Kier alpha value is -0.850. The van der Waals surface area contributed by atoms with E-state index in [1.54, 1.807) is 11.3 Å². The van der Waals surface area contributed by atoms with Crippen molar-refractivity contribution >= 4 is 0 Å². The van der Waals surface area contributed by atoms with E-state index in [2.05, 4.69) is 43.7 Å². The summed E-state index contributed by atoms with van der Waals surface area (Å²) in [5.74, 6) is 0. The molecule has 0 fully saturated rings. The summed E-state index contributed by atoms with van der Waals surface area (Å²) in [5, 5.41) is 0. The van der Waals surface area contributed by atoms with Gasteiger partial charge in [-0.3, -0.25) is 0 Å². The smallest absolute Gasteiger partial charge is 0.184 e. The molecule has 0 atom stereocenters. The van der Waals surface area contributed by atoms with E-state index in [0.717, 1.165) is 0 Å². The highest BCUT2D eigenvalue weighted by atomic mass is 15.0. The minimum absolute atomic E-state index is 1.23. The topological polar surface area (TPSA) is 3.88 Å². The van der Waals surface area contributed by atoms with Crippen molar-refractivity contribution < 1.29 is 4.57 Å². The number of aromatic nitrogens is 1. The summed E-state index contributed by atoms with van der Waals surface area (Å²) in [6, 6.07) is 4.86. The zero-order valence-corrected chi connectivity index (χ0v) is 37.3. The molecule has 1 heterocycles. The highest BCUT2D eigenvalue weighted by Crippen LogP contribution is 2.18. The molecule has 0 aromatic carbocycles. The second kappa shape index (κ2) is 42.3. The standard InChI is InChI=1S/C52H100N/c1-4-7-10-13-16-19-22-25-26-27-28-29-32-35-38-41-44-49-53-50-45-47-51(46-42-39-36-33-30-23-20-17-14-11-8-5-2)52(53)48-43-40-37-34-31-24-21-18-15-12-9-6-3/h45,47,50H,4-44,46,48-49H2,1-3H3/q+1. The van der Waals surface area contributed by atoms with E-state index in [-0.39, 0.29) is 0 Å². The third kappa shape index (κ3) is 34.2. The van der Waals surface area contributed by atoms with E-state index in [1.807, 2.05) is 0 Å². The Balaban J connectivity index is 2.31. The normalized spacial score (nSPS) is 11.6. The number of aryl methyl sites for hydroxylation is 2. The Kier molecular flexibility index (Phi) is 40.0. The zero-order valence-electron chi connectivity index (χ0n) is 37.3. The lowest BCUT2D eigenvalue weighted by molar-refractivity contribution is -0.705. The maximum atomic E-state index is 2.69. The first-order chi connectivity index (χ1) is 26.3. The molecule has 312 valence electrons. The molecule has 0 aliphatic heterocycles. The number of hydrogen-bond donors (Lipinski definition) is 0. The Labute approximate surface area is 336 Å². The van der Waals surface area contributed by atoms with Gasteiger partial charge in [-0.1, -0.05) is 258 Å². The van der Waals surface area contributed by atoms with Crippen LogP contribution in [0.4, 0.5) is 0 Å². The van der Waals surface area contributed by atoms with Crippen molar-refractivity contribution in [2.75, 3.05) is 0 Å². The van der Waals surface area contributed by atoms with Crippen molar-refractivity contribution in [1.82, 2.24) is 0 Å². The molecule has 0 amide bonds. The molecule has 0 saturated carbocycles. The highest BCUT2D eigenvalue weighted by molar-refractivity contribution is 5.16. The molecule has 0 spiro atoms. The van der Waals surface area contributed by atoms with E-state index >= 15 is 0 Å². The molecule has 0 N–H and O–H groups in total. The van der Waals surface area contributed by atoms with Crippen LogP contribution in [0.1, 0.15) is 295 Å². The summed E-state index contributed by atoms with van der Waals surface area (Å²) >= 11 is 0. The minimum Gasteiger partial charge on any atom is -0.202 e. The SMILES string of the molecule is CCCCCCCCCCCCCCCCCCC[n+]1cccc(CCCCCCCCCCCCCC)c1CCCCCCCCCCCCCC. The van der Waals surface area contributed by atoms with Crippen LogP contribution in [-0.2, 0) is 19.4 Å². The van der Waals surface area contributed by atoms with Gasteiger partial charge in [0, 0.05) is 24.5 Å². The van der Waals surface area contributed by atoms with Crippen LogP contribution in [0.25, 0.3) is 0 Å². The van der Waals surface area contributed by atoms with Gasteiger partial charge in [-0.05, 0) is 31.7 Å². The molecule has 0 saturated heterocycles. The van der Waals surface area contributed by atoms with E-state index in [0.29, 0.717) is 0 Å². The lowest BCUT2D eigenvalue weighted by atomic mass is 9.99. The second-order valence-electron chi connectivity index (χ2n) is 17.6. The first-order valence-electron chi connectivity index (χ1n) is 25.3. The van der Waals surface area contributed by atoms with Crippen LogP contribution >= 0.6 is 0 Å². The molecule has 1 aromatic rings. The van der Waals surface area contributed by atoms with Gasteiger partial charge in [-0.15, -0.1) is 0 Å². The van der Waals surface area contributed by atoms with Gasteiger partial charge in [-0.25, -0.2) is 4.57 Å². The average Bonchev–Trinajstić information content (AvgIpc) is 3.17. The lowest BCUT2D eigenvalue weighted by Crippen LogP contribution is -2.39. The Morgan fingerprint density at radius 2 is 0.566 bits per heavy atom. The van der Waals surface area contributed by atoms with Crippen molar-refractivity contribution in [3.8, 4) is 0 Å². The Morgan fingerprint density at radius 3 is 0.887 bits per heavy atom. The molecule has 1 rings (SSSR count). The van der Waals surface area contributed by atoms with Crippen molar-refractivity contribution in [2.24, 2.45) is 0 Å². The van der Waals surface area contributed by atoms with E-state index in [1.165, 1.54) is 283 Å². The summed E-state index contributed by atoms with van der Waals surface area (Å²) in [7, 11) is 0. The summed E-state index contributed by atoms with van der Waals surface area (Å²) in [6.45, 7) is 8.19. The minimum atomic E-state index is 1.23. The van der Waals surface area contributed by atoms with Crippen LogP contribution < -0.4 is 4.57 Å². The molecular formula is C52H100N+. The van der Waals surface area contributed by atoms with Crippen LogP contribution in [0.2, 0.25) is 0 Å². The number of nitrogens with zero attached hydrogens (tertiary/aromatic N) is 1. The molecule has 0 unspecified atom stereocenters. The number of pyridine rings is 1. The van der Waals surface area contributed by atoms with E-state index < -0.39 is 0 Å². The molecule has 0 bridgehead atoms. The van der Waals surface area contributed by atoms with Gasteiger partial charge in [0.15, 0.2) is 11.9 Å². The van der Waals surface area contributed by atoms with Crippen LogP contribution in [0.5, 0.6) is 0 Å². The van der Waals surface area contributed by atoms with Crippen LogP contribution in [-0.4, -0.2) is 0 Å². The first kappa shape index (κ1) is 50.2. The third-order valence-electron chi connectivity index (χ3n) is 12.4. The van der Waals surface area contributed by atoms with Gasteiger partial charge < -0.3 is 0 Å². The Bertz CT molecular complexity index is 828. The quantitative estimate of drug-likeness (QED) is 0.0464. The summed E-state index contributed by atoms with van der Waals surface area (Å²) < 4.78 is 2.69. The average molecular weight is 739 g/mol. The van der Waals surface area contributed by atoms with Crippen molar-refractivity contribution in [3.05, 3.63) is 29.6 Å². The molecule has 0 radical (unpaired) electrons. The summed E-state index contributed by atoms with van der Waals surface area (Å²) in [6.07, 6.45) is 64.2. The monoisotopic (exact) mass is 739 g/mol. The summed E-state index contributed by atoms with van der Waals surface area (Å²) in [4.78, 5) is 0. The van der Waals surface area contributed by atoms with Gasteiger partial charge >= 0.3 is 0 Å². The van der Waals surface area contributed by atoms with Crippen LogP contribution in [0.15, 0.2) is 18.3 Å². The van der Waals surface area contributed by atoms with Crippen molar-refractivity contribution in [3.63, 3.8) is 0 Å². The number of rotatable bonds is 44. The maximum absolute atomic E-state index is 2.69. The van der Waals surface area contributed by atoms with Gasteiger partial charge in [0.05, 0.1) is 0 Å². The van der Waals surface area contributed by atoms with Crippen LogP contribution in [0.3, 0.4) is 0 Å². The fourth-order valence-electron chi connectivity index (χ4n) is 8.67. The predicted octanol–water partition coefficient (Wildman–Crippen LogP) is 18.1. The fourth-order valence-corrected chi connectivity index (χ4v) is 8.67. The van der Waals surface area contributed by atoms with Gasteiger partial charge in [0.25, 0.3) is 0 Å². The lowest BCUT2D eigenvalue weighted by Gasteiger charge is -2.11. The molecule has 1 aromatic heterocycles. The summed E-state index contributed by atoms with van der Waals surface area (Å²) in [5.41, 5.74) is 3.37. The van der Waals surface area contributed by atoms with Gasteiger partial charge in [-0.2, -0.15) is 0 Å². The molecule has 0 aliphatic carbocycles. The molecule has 1 nitrogen and oxygen atoms in total. The Morgan fingerprint density at radius 1 is 0.302 bits per heavy atom. The van der Waals surface area contributed by atoms with E-state index in [4.69, 9.17) is 0 Å². The first-order valence-corrected chi connectivity index (χ1v) is 25.3. The van der Waals surface area contributed by atoms with Crippen molar-refractivity contribution in [2.45, 2.75) is 303 Å². The highest BCUT2D eigenvalue weighted by Gasteiger charge is 2.15. The predicted molar refractivity (Wildman–Crippen MR) is 240 cm³/mol. The van der Waals surface area contributed by atoms with Crippen LogP contribution in [0, 0.1) is 0 Å². The fraction of sp³-hybridized carbons (Fsp3) is 0.904. The zero-order chi connectivity index (χ0) is 38.0. The second-order valence-corrected chi connectivity index (χ2v) is 17.6. The number of unbranched alkanes of at least 4 members (excludes halogenated alkanes) is 38. The molecular weight excluding hydrogens is 639 g/mol. The third-order valence-corrected chi connectivity index (χ3v) is 12.4. The molecule has 53 heavy (non-hydrogen) atoms.